The zero-order valence-corrected chi connectivity index (χ0v) is 27.1. The predicted molar refractivity (Wildman–Crippen MR) is 190 cm³/mol. The largest absolute Gasteiger partial charge is 0.478 e. The first kappa shape index (κ1) is 35.4. The molecule has 3 aromatic rings. The Labute approximate surface area is 277 Å². The second-order valence-electron chi connectivity index (χ2n) is 12.5. The first-order chi connectivity index (χ1) is 22.8. The molecule has 9 N–H and O–H groups in total. The van der Waals surface area contributed by atoms with E-state index in [4.69, 9.17) is 27.6 Å². The molecule has 10 heteroatoms. The molecule has 1 aliphatic rings. The Morgan fingerprint density at radius 1 is 1.04 bits per heavy atom. The van der Waals surface area contributed by atoms with E-state index in [-0.39, 0.29) is 37.0 Å². The Balaban J connectivity index is 1.64. The summed E-state index contributed by atoms with van der Waals surface area (Å²) in [5, 5.41) is 25.9. The van der Waals surface area contributed by atoms with E-state index in [1.807, 2.05) is 18.2 Å². The molecule has 0 saturated heterocycles. The first-order valence-electron chi connectivity index (χ1n) is 16.6. The van der Waals surface area contributed by atoms with Crippen LogP contribution in [0, 0.1) is 5.92 Å². The third kappa shape index (κ3) is 10.8. The van der Waals surface area contributed by atoms with Crippen molar-refractivity contribution in [2.75, 3.05) is 13.2 Å². The van der Waals surface area contributed by atoms with E-state index < -0.39 is 12.0 Å². The molecule has 1 aromatic heterocycles. The number of hydrogen-bond acceptors (Lipinski definition) is 5. The van der Waals surface area contributed by atoms with Crippen LogP contribution in [0.2, 0.25) is 0 Å². The summed E-state index contributed by atoms with van der Waals surface area (Å²) < 4.78 is 0. The van der Waals surface area contributed by atoms with E-state index in [9.17, 15) is 14.7 Å². The number of unbranched alkanes of at least 4 members (excludes halogenated alkanes) is 3. The number of aliphatic imine (C=N–C) groups is 1. The minimum absolute atomic E-state index is 0.0263. The maximum atomic E-state index is 11.9. The number of carbonyl (C=O) groups is 2. The van der Waals surface area contributed by atoms with Gasteiger partial charge in [-0.3, -0.25) is 0 Å². The lowest BCUT2D eigenvalue weighted by Gasteiger charge is -2.36. The summed E-state index contributed by atoms with van der Waals surface area (Å²) in [6.07, 6.45) is 16.9. The van der Waals surface area contributed by atoms with Gasteiger partial charge in [0.2, 0.25) is 0 Å². The highest BCUT2D eigenvalue weighted by Crippen LogP contribution is 2.43. The number of allylic oxidation sites excluding steroid dienone is 1. The molecule has 4 atom stereocenters. The number of nitrogens with two attached hydrogens (primary N) is 3. The fraction of sp³-hybridized carbons (Fsp3) is 0.432. The number of hydrogen-bond donors (Lipinski definition) is 6. The van der Waals surface area contributed by atoms with Crippen molar-refractivity contribution in [1.82, 2.24) is 4.98 Å². The fourth-order valence-electron chi connectivity index (χ4n) is 6.59. The summed E-state index contributed by atoms with van der Waals surface area (Å²) >= 11 is 0. The van der Waals surface area contributed by atoms with Gasteiger partial charge < -0.3 is 42.5 Å². The Morgan fingerprint density at radius 2 is 1.85 bits per heavy atom. The van der Waals surface area contributed by atoms with Crippen molar-refractivity contribution in [2.45, 2.75) is 82.2 Å². The molecule has 0 amide bonds. The maximum absolute atomic E-state index is 11.9. The monoisotopic (exact) mass is 641 g/mol. The molecule has 4 rings (SSSR count). The smallest absolute Gasteiger partial charge is 0.328 e. The minimum Gasteiger partial charge on any atom is -0.478 e. The van der Waals surface area contributed by atoms with Crippen LogP contribution in [0.3, 0.4) is 0 Å². The van der Waals surface area contributed by atoms with Crippen molar-refractivity contribution in [1.29, 1.82) is 0 Å². The summed E-state index contributed by atoms with van der Waals surface area (Å²) in [5.41, 5.74) is 21.7. The van der Waals surface area contributed by atoms with Gasteiger partial charge in [0, 0.05) is 25.1 Å². The number of guanidine groups is 1. The lowest BCUT2D eigenvalue weighted by molar-refractivity contribution is -0.131. The van der Waals surface area contributed by atoms with Gasteiger partial charge in [0.1, 0.15) is 6.29 Å². The van der Waals surface area contributed by atoms with Gasteiger partial charge in [0.25, 0.3) is 0 Å². The molecule has 0 spiro atoms. The van der Waals surface area contributed by atoms with E-state index in [1.54, 1.807) is 6.20 Å². The van der Waals surface area contributed by atoms with Gasteiger partial charge in [-0.1, -0.05) is 86.2 Å². The van der Waals surface area contributed by atoms with Crippen LogP contribution < -0.4 is 17.2 Å². The second-order valence-corrected chi connectivity index (χ2v) is 12.5. The highest BCUT2D eigenvalue weighted by molar-refractivity contribution is 5.88. The van der Waals surface area contributed by atoms with Crippen LogP contribution in [0.4, 0.5) is 5.82 Å². The fourth-order valence-corrected chi connectivity index (χ4v) is 6.59. The highest BCUT2D eigenvalue weighted by atomic mass is 16.4. The van der Waals surface area contributed by atoms with Crippen LogP contribution >= 0.6 is 0 Å². The van der Waals surface area contributed by atoms with E-state index in [0.29, 0.717) is 24.2 Å². The molecule has 0 radical (unpaired) electrons. The summed E-state index contributed by atoms with van der Waals surface area (Å²) in [7, 11) is 0. The molecule has 2 aromatic carbocycles. The van der Waals surface area contributed by atoms with Crippen molar-refractivity contribution in [3.8, 4) is 0 Å². The van der Waals surface area contributed by atoms with E-state index in [0.717, 1.165) is 79.6 Å². The number of aldehydes is 1. The first-order valence-corrected chi connectivity index (χ1v) is 16.6. The molecule has 0 saturated carbocycles. The lowest BCUT2D eigenvalue weighted by atomic mass is 9.72. The normalized spacial score (nSPS) is 17.2. The van der Waals surface area contributed by atoms with Crippen molar-refractivity contribution < 1.29 is 19.8 Å². The van der Waals surface area contributed by atoms with Gasteiger partial charge in [0.05, 0.1) is 6.54 Å². The number of carbonyl (C=O) groups excluding carboxylic acids is 1. The number of carboxylic acid groups (broad SMARTS) is 1. The average molecular weight is 642 g/mol. The Morgan fingerprint density at radius 3 is 2.57 bits per heavy atom. The van der Waals surface area contributed by atoms with Gasteiger partial charge in [-0.2, -0.15) is 0 Å². The molecule has 47 heavy (non-hydrogen) atoms. The highest BCUT2D eigenvalue weighted by Gasteiger charge is 2.29. The number of aliphatic hydroxyl groups is 1. The number of aromatic amines is 1. The zero-order chi connectivity index (χ0) is 33.6. The summed E-state index contributed by atoms with van der Waals surface area (Å²) in [4.78, 5) is 30.4. The quantitative estimate of drug-likeness (QED) is 0.0294. The van der Waals surface area contributed by atoms with Gasteiger partial charge in [-0.15, -0.1) is 0 Å². The van der Waals surface area contributed by atoms with Crippen molar-refractivity contribution in [3.05, 3.63) is 88.4 Å². The van der Waals surface area contributed by atoms with Crippen LogP contribution in [-0.2, 0) is 16.0 Å². The van der Waals surface area contributed by atoms with E-state index in [2.05, 4.69) is 46.4 Å². The minimum atomic E-state index is -1.08. The maximum Gasteiger partial charge on any atom is 0.328 e. The molecular weight excluding hydrogens is 592 g/mol. The van der Waals surface area contributed by atoms with E-state index >= 15 is 0 Å². The second kappa shape index (κ2) is 18.1. The number of rotatable bonds is 20. The van der Waals surface area contributed by atoms with Crippen molar-refractivity contribution in [2.24, 2.45) is 28.1 Å². The Bertz CT molecular complexity index is 1540. The molecular formula is C37H49N6O4-. The number of carboxylic acids is 1. The molecule has 0 bridgehead atoms. The number of aliphatic hydroxyl groups excluding tert-OH is 1. The molecule has 0 unspecified atom stereocenters. The number of fused-ring (bicyclic) bond motifs is 2. The van der Waals surface area contributed by atoms with Gasteiger partial charge in [-0.05, 0) is 89.1 Å². The number of nitrogens with one attached hydrogen (secondary N) is 1. The Hall–Kier alpha value is -4.41. The number of H-pyrrole nitrogens is 1. The third-order valence-corrected chi connectivity index (χ3v) is 8.99. The van der Waals surface area contributed by atoms with Crippen molar-refractivity contribution in [3.63, 3.8) is 0 Å². The van der Waals surface area contributed by atoms with Crippen LogP contribution in [0.15, 0.2) is 71.4 Å². The Kier molecular flexibility index (Phi) is 13.6. The summed E-state index contributed by atoms with van der Waals surface area (Å²) in [5.74, 6) is -0.364. The molecule has 252 valence electrons. The van der Waals surface area contributed by atoms with Crippen LogP contribution in [-0.4, -0.2) is 58.6 Å². The molecule has 0 aliphatic heterocycles. The molecule has 0 fully saturated rings. The summed E-state index contributed by atoms with van der Waals surface area (Å²) in [6.45, 7) is 0.262. The lowest BCUT2D eigenvalue weighted by Crippen LogP contribution is -2.26. The summed E-state index contributed by atoms with van der Waals surface area (Å²) in [6, 6.07) is 14.0. The van der Waals surface area contributed by atoms with Gasteiger partial charge in [0.15, 0.2) is 5.96 Å². The molecule has 1 heterocycles. The standard InChI is InChI=1S/C37H49N6O4/c38-31(7-3-1-2-4-17-44)8-5-9-32-28(14-13-27-20-26-12-11-25(15-18-45)19-29(26)21-33(27)32)22-34(43-35-10-6-16-41-35)30(23-36(46)47)24-42-37(39)40/h6,10-14,16,18-21,23,28,31-32,34,41,44H,1-5,7-9,15,17,22,24,38H2,(H,46,47)(H4,39,40,42)/q-1/b30-23+/t28-,31+,32-,34+/m0/s1. The number of nitrogens with zero attached hydrogens (tertiary/aromatic N) is 2. The topological polar surface area (TPSA) is 195 Å². The van der Waals surface area contributed by atoms with E-state index in [1.165, 1.54) is 11.6 Å². The van der Waals surface area contributed by atoms with Crippen LogP contribution in [0.5, 0.6) is 0 Å². The number of aliphatic carboxylic acids is 1. The predicted octanol–water partition coefficient (Wildman–Crippen LogP) is 5.82. The molecule has 1 aliphatic carbocycles. The van der Waals surface area contributed by atoms with Crippen LogP contribution in [0.25, 0.3) is 22.2 Å². The van der Waals surface area contributed by atoms with Crippen molar-refractivity contribution >= 4 is 40.9 Å². The van der Waals surface area contributed by atoms with Gasteiger partial charge >= 0.3 is 5.97 Å². The number of aromatic nitrogens is 1. The number of benzene rings is 2. The average Bonchev–Trinajstić information content (AvgIpc) is 3.56. The molecule has 10 nitrogen and oxygen atoms in total. The van der Waals surface area contributed by atoms with Gasteiger partial charge in [-0.25, -0.2) is 9.79 Å². The third-order valence-electron chi connectivity index (χ3n) is 8.99. The van der Waals surface area contributed by atoms with Crippen LogP contribution in [0.1, 0.15) is 80.4 Å². The zero-order valence-electron chi connectivity index (χ0n) is 27.1. The SMILES string of the molecule is NC(N)=NC/C(=C\C(=O)O)[C@@H](C[C@@H]1C=Cc2cc3ccc(CC=O)cc3cc2[C@H]1CCC[C@H](N)CCCCCCO)[N-]c1ccc[nH]1.